The maximum Gasteiger partial charge on any atom is 0.137 e. The standard InChI is InChI=1S/C14H15N3O2/c18-9-2-1-3-13-4-6-14(7-5-13)19-10-8-17-12-15-11-16-17/h4-7,11-12,18H,2,8-10H2. The van der Waals surface area contributed by atoms with Crippen molar-refractivity contribution >= 4 is 0 Å². The largest absolute Gasteiger partial charge is 0.492 e. The van der Waals surface area contributed by atoms with Gasteiger partial charge < -0.3 is 9.84 Å². The van der Waals surface area contributed by atoms with Crippen LogP contribution in [0.1, 0.15) is 12.0 Å². The van der Waals surface area contributed by atoms with Gasteiger partial charge in [-0.1, -0.05) is 11.8 Å². The minimum atomic E-state index is 0.0937. The highest BCUT2D eigenvalue weighted by atomic mass is 16.5. The molecule has 0 aliphatic rings. The van der Waals surface area contributed by atoms with E-state index in [0.29, 0.717) is 19.6 Å². The molecule has 5 nitrogen and oxygen atoms in total. The number of nitrogens with zero attached hydrogens (tertiary/aromatic N) is 3. The van der Waals surface area contributed by atoms with Gasteiger partial charge in [-0.3, -0.25) is 0 Å². The molecule has 2 rings (SSSR count). The molecule has 1 heterocycles. The van der Waals surface area contributed by atoms with Crippen molar-refractivity contribution in [2.75, 3.05) is 13.2 Å². The molecular weight excluding hydrogens is 242 g/mol. The van der Waals surface area contributed by atoms with Gasteiger partial charge in [-0.25, -0.2) is 9.67 Å². The summed E-state index contributed by atoms with van der Waals surface area (Å²) in [6, 6.07) is 7.55. The fourth-order valence-electron chi connectivity index (χ4n) is 1.46. The van der Waals surface area contributed by atoms with Crippen molar-refractivity contribution < 1.29 is 9.84 Å². The Hall–Kier alpha value is -2.32. The van der Waals surface area contributed by atoms with E-state index in [1.807, 2.05) is 24.3 Å². The van der Waals surface area contributed by atoms with Crippen LogP contribution in [-0.4, -0.2) is 33.1 Å². The Morgan fingerprint density at radius 1 is 1.26 bits per heavy atom. The first-order valence-electron chi connectivity index (χ1n) is 6.03. The molecule has 1 N–H and O–H groups in total. The molecule has 0 aliphatic heterocycles. The molecule has 0 fully saturated rings. The Morgan fingerprint density at radius 2 is 2.11 bits per heavy atom. The van der Waals surface area contributed by atoms with Crippen molar-refractivity contribution in [2.24, 2.45) is 0 Å². The minimum absolute atomic E-state index is 0.0937. The van der Waals surface area contributed by atoms with Crippen LogP contribution in [-0.2, 0) is 6.54 Å². The Bertz CT molecular complexity index is 538. The molecule has 1 aromatic carbocycles. The number of aromatic nitrogens is 3. The SMILES string of the molecule is OCCC#Cc1ccc(OCCn2cncn2)cc1. The second-order valence-electron chi connectivity index (χ2n) is 3.81. The second kappa shape index (κ2) is 7.19. The molecule has 0 saturated carbocycles. The summed E-state index contributed by atoms with van der Waals surface area (Å²) in [6.07, 6.45) is 3.65. The van der Waals surface area contributed by atoms with E-state index in [4.69, 9.17) is 9.84 Å². The molecule has 0 spiro atoms. The van der Waals surface area contributed by atoms with E-state index in [0.717, 1.165) is 11.3 Å². The third kappa shape index (κ3) is 4.45. The summed E-state index contributed by atoms with van der Waals surface area (Å²) in [5, 5.41) is 12.6. The summed E-state index contributed by atoms with van der Waals surface area (Å²) in [6.45, 7) is 1.30. The zero-order valence-electron chi connectivity index (χ0n) is 10.5. The van der Waals surface area contributed by atoms with Gasteiger partial charge in [-0.15, -0.1) is 0 Å². The molecule has 19 heavy (non-hydrogen) atoms. The molecule has 0 saturated heterocycles. The first kappa shape index (κ1) is 13.1. The molecule has 0 atom stereocenters. The van der Waals surface area contributed by atoms with Crippen molar-refractivity contribution in [2.45, 2.75) is 13.0 Å². The molecule has 98 valence electrons. The van der Waals surface area contributed by atoms with Gasteiger partial charge in [0.25, 0.3) is 0 Å². The quantitative estimate of drug-likeness (QED) is 0.815. The van der Waals surface area contributed by atoms with Crippen LogP contribution in [0.2, 0.25) is 0 Å². The van der Waals surface area contributed by atoms with E-state index < -0.39 is 0 Å². The zero-order valence-corrected chi connectivity index (χ0v) is 10.5. The van der Waals surface area contributed by atoms with E-state index >= 15 is 0 Å². The van der Waals surface area contributed by atoms with E-state index in [1.54, 1.807) is 11.0 Å². The van der Waals surface area contributed by atoms with Crippen LogP contribution in [0.3, 0.4) is 0 Å². The number of ether oxygens (including phenoxy) is 1. The lowest BCUT2D eigenvalue weighted by atomic mass is 10.2. The Labute approximate surface area is 111 Å². The third-order valence-corrected chi connectivity index (χ3v) is 2.38. The molecule has 5 heteroatoms. The smallest absolute Gasteiger partial charge is 0.137 e. The molecule has 0 unspecified atom stereocenters. The first-order chi connectivity index (χ1) is 9.38. The number of aliphatic hydroxyl groups is 1. The Morgan fingerprint density at radius 3 is 2.79 bits per heavy atom. The highest BCUT2D eigenvalue weighted by Crippen LogP contribution is 2.11. The fourth-order valence-corrected chi connectivity index (χ4v) is 1.46. The number of hydrogen-bond acceptors (Lipinski definition) is 4. The van der Waals surface area contributed by atoms with Crippen LogP contribution in [0.4, 0.5) is 0 Å². The van der Waals surface area contributed by atoms with Crippen molar-refractivity contribution in [3.8, 4) is 17.6 Å². The van der Waals surface area contributed by atoms with Crippen LogP contribution in [0.15, 0.2) is 36.9 Å². The summed E-state index contributed by atoms with van der Waals surface area (Å²) in [5.74, 6) is 6.64. The van der Waals surface area contributed by atoms with Crippen LogP contribution >= 0.6 is 0 Å². The first-order valence-corrected chi connectivity index (χ1v) is 6.03. The number of rotatable bonds is 5. The normalized spacial score (nSPS) is 9.74. The Balaban J connectivity index is 1.80. The highest BCUT2D eigenvalue weighted by molar-refractivity contribution is 5.38. The monoisotopic (exact) mass is 257 g/mol. The number of hydrogen-bond donors (Lipinski definition) is 1. The van der Waals surface area contributed by atoms with Crippen molar-refractivity contribution in [1.29, 1.82) is 0 Å². The van der Waals surface area contributed by atoms with Crippen LogP contribution in [0, 0.1) is 11.8 Å². The molecule has 0 bridgehead atoms. The Kier molecular flexibility index (Phi) is 4.96. The average molecular weight is 257 g/mol. The van der Waals surface area contributed by atoms with Gasteiger partial charge in [-0.2, -0.15) is 5.10 Å². The molecule has 0 radical (unpaired) electrons. The highest BCUT2D eigenvalue weighted by Gasteiger charge is 1.95. The lowest BCUT2D eigenvalue weighted by Crippen LogP contribution is -2.08. The van der Waals surface area contributed by atoms with E-state index in [2.05, 4.69) is 21.9 Å². The number of aliphatic hydroxyl groups excluding tert-OH is 1. The lowest BCUT2D eigenvalue weighted by molar-refractivity contribution is 0.291. The summed E-state index contributed by atoms with van der Waals surface area (Å²) < 4.78 is 7.30. The zero-order chi connectivity index (χ0) is 13.3. The second-order valence-corrected chi connectivity index (χ2v) is 3.81. The van der Waals surface area contributed by atoms with E-state index in [-0.39, 0.29) is 6.61 Å². The fraction of sp³-hybridized carbons (Fsp3) is 0.286. The topological polar surface area (TPSA) is 60.2 Å². The van der Waals surface area contributed by atoms with Crippen LogP contribution in [0.25, 0.3) is 0 Å². The molecule has 2 aromatic rings. The minimum Gasteiger partial charge on any atom is -0.492 e. The van der Waals surface area contributed by atoms with Crippen molar-refractivity contribution in [1.82, 2.24) is 14.8 Å². The van der Waals surface area contributed by atoms with Gasteiger partial charge >= 0.3 is 0 Å². The maximum absolute atomic E-state index is 8.63. The molecule has 0 amide bonds. The van der Waals surface area contributed by atoms with Gasteiger partial charge in [0.1, 0.15) is 25.0 Å². The van der Waals surface area contributed by atoms with Gasteiger partial charge in [0.05, 0.1) is 13.2 Å². The number of benzene rings is 1. The van der Waals surface area contributed by atoms with E-state index in [9.17, 15) is 0 Å². The summed E-state index contributed by atoms with van der Waals surface area (Å²) in [4.78, 5) is 3.86. The van der Waals surface area contributed by atoms with Gasteiger partial charge in [0, 0.05) is 12.0 Å². The predicted molar refractivity (Wildman–Crippen MR) is 70.5 cm³/mol. The lowest BCUT2D eigenvalue weighted by Gasteiger charge is -2.05. The van der Waals surface area contributed by atoms with Gasteiger partial charge in [-0.05, 0) is 24.3 Å². The third-order valence-electron chi connectivity index (χ3n) is 2.38. The molecule has 1 aromatic heterocycles. The maximum atomic E-state index is 8.63. The van der Waals surface area contributed by atoms with Crippen molar-refractivity contribution in [3.05, 3.63) is 42.5 Å². The summed E-state index contributed by atoms with van der Waals surface area (Å²) >= 11 is 0. The van der Waals surface area contributed by atoms with Gasteiger partial charge in [0.2, 0.25) is 0 Å². The van der Waals surface area contributed by atoms with Crippen LogP contribution in [0.5, 0.6) is 5.75 Å². The van der Waals surface area contributed by atoms with Crippen molar-refractivity contribution in [3.63, 3.8) is 0 Å². The van der Waals surface area contributed by atoms with Crippen LogP contribution < -0.4 is 4.74 Å². The molecular formula is C14H15N3O2. The summed E-state index contributed by atoms with van der Waals surface area (Å²) in [7, 11) is 0. The predicted octanol–water partition coefficient (Wildman–Crippen LogP) is 1.09. The van der Waals surface area contributed by atoms with E-state index in [1.165, 1.54) is 6.33 Å². The summed E-state index contributed by atoms with van der Waals surface area (Å²) in [5.41, 5.74) is 0.914. The van der Waals surface area contributed by atoms with Gasteiger partial charge in [0.15, 0.2) is 0 Å². The molecule has 0 aliphatic carbocycles. The average Bonchev–Trinajstić information content (AvgIpc) is 2.94.